The zero-order valence-electron chi connectivity index (χ0n) is 45.8. The number of rotatable bonds is 12. The fourth-order valence-electron chi connectivity index (χ4n) is 11.8. The molecular formula is C55H86N2O17. The second-order valence-corrected chi connectivity index (χ2v) is 22.3. The molecular weight excluding hydrogens is 961 g/mol. The van der Waals surface area contributed by atoms with E-state index in [1.54, 1.807) is 34.8 Å². The number of aliphatic hydroxyl groups is 1. The number of carbonyl (C=O) groups excluding carboxylic acids is 6. The van der Waals surface area contributed by atoms with Gasteiger partial charge in [0.05, 0.1) is 24.7 Å². The Balaban J connectivity index is 1.60. The minimum atomic E-state index is -2.58. The van der Waals surface area contributed by atoms with Crippen LogP contribution in [0.25, 0.3) is 0 Å². The first-order valence-electron chi connectivity index (χ1n) is 26.9. The van der Waals surface area contributed by atoms with E-state index < -0.39 is 132 Å². The van der Waals surface area contributed by atoms with Crippen molar-refractivity contribution >= 4 is 41.4 Å². The maximum absolute atomic E-state index is 14.9. The van der Waals surface area contributed by atoms with Gasteiger partial charge in [0.1, 0.15) is 36.2 Å². The van der Waals surface area contributed by atoms with Crippen LogP contribution in [-0.4, -0.2) is 151 Å². The molecule has 19 nitrogen and oxygen atoms in total. The third-order valence-corrected chi connectivity index (χ3v) is 16.7. The molecule has 4 aliphatic heterocycles. The van der Waals surface area contributed by atoms with Crippen LogP contribution in [0.5, 0.6) is 0 Å². The Bertz CT molecular complexity index is 2060. The highest BCUT2D eigenvalue weighted by atomic mass is 16.7. The Morgan fingerprint density at radius 1 is 0.851 bits per heavy atom. The number of carboxylic acid groups (broad SMARTS) is 1. The summed E-state index contributed by atoms with van der Waals surface area (Å²) in [6, 6.07) is -2.72. The lowest BCUT2D eigenvalue weighted by Crippen LogP contribution is -2.64. The average Bonchev–Trinajstić information content (AvgIpc) is 3.64. The number of carboxylic acids is 1. The van der Waals surface area contributed by atoms with E-state index in [1.807, 2.05) is 39.8 Å². The number of aliphatic carboxylic acids is 1. The summed E-state index contributed by atoms with van der Waals surface area (Å²) < 4.78 is 48.4. The predicted octanol–water partition coefficient (Wildman–Crippen LogP) is 5.64. The summed E-state index contributed by atoms with van der Waals surface area (Å²) in [4.78, 5) is 98.6. The van der Waals surface area contributed by atoms with Crippen LogP contribution >= 0.6 is 0 Å². The first kappa shape index (κ1) is 60.8. The van der Waals surface area contributed by atoms with Crippen molar-refractivity contribution in [3.05, 3.63) is 23.3 Å². The fourth-order valence-corrected chi connectivity index (χ4v) is 11.8. The smallest absolute Gasteiger partial charge is 0.336 e. The number of ether oxygens (including phenoxy) is 8. The van der Waals surface area contributed by atoms with Gasteiger partial charge in [0.15, 0.2) is 6.10 Å². The second kappa shape index (κ2) is 26.8. The molecule has 0 aromatic rings. The van der Waals surface area contributed by atoms with Crippen LogP contribution in [0.3, 0.4) is 0 Å². The standard InChI is InChI=1S/C55H86N2O17/c1-13-37-21-28(2)20-29(3)22-43(68-11)48-44(69-12)24-32(6)55(66,74-48)49(61)50(62)57-19-15-14-16-39(57)52(64)71-46(31(5)23-36-18-17-30(4)41(25-36)67-10)35(9)42(27-40(37)58)70-53(65)47-33(7)34(8)54(72-47)73-51(63)38(56)26-45(59)60/h21,23,29-30,32-39,41-44,46-48,54,66H,13-20,22,24-27,56H2,1-12H3,(H,59,60)/b28-21+,31-23+/t29-,30+,32+,33-,34+,35+,36-,37+,38+,39-,41+,42-,43-,44-,46+,47?,48+,54-,55+/m0/s1. The molecule has 5 aliphatic rings. The average molecular weight is 1050 g/mol. The van der Waals surface area contributed by atoms with E-state index in [2.05, 4.69) is 6.92 Å². The molecule has 0 aromatic carbocycles. The quantitative estimate of drug-likeness (QED) is 0.0924. The van der Waals surface area contributed by atoms with Crippen molar-refractivity contribution in [3.8, 4) is 0 Å². The minimum Gasteiger partial charge on any atom is -0.481 e. The van der Waals surface area contributed by atoms with Crippen molar-refractivity contribution in [2.75, 3.05) is 27.9 Å². The molecule has 74 heavy (non-hydrogen) atoms. The van der Waals surface area contributed by atoms with E-state index in [9.17, 15) is 43.8 Å². The van der Waals surface area contributed by atoms with Gasteiger partial charge in [0, 0.05) is 63.9 Å². The van der Waals surface area contributed by atoms with Crippen molar-refractivity contribution in [3.63, 3.8) is 0 Å². The number of methoxy groups -OCH3 is 3. The lowest BCUT2D eigenvalue weighted by Gasteiger charge is -2.47. The normalized spacial score (nSPS) is 39.6. The van der Waals surface area contributed by atoms with Gasteiger partial charge in [0.2, 0.25) is 12.1 Å². The highest BCUT2D eigenvalue weighted by Crippen LogP contribution is 2.41. The molecule has 1 aliphatic carbocycles. The number of nitrogens with two attached hydrogens (primary N) is 1. The molecule has 4 N–H and O–H groups in total. The van der Waals surface area contributed by atoms with Crippen molar-refractivity contribution < 1.29 is 81.7 Å². The van der Waals surface area contributed by atoms with Gasteiger partial charge in [-0.25, -0.2) is 9.59 Å². The molecule has 0 radical (unpaired) electrons. The van der Waals surface area contributed by atoms with E-state index in [0.29, 0.717) is 50.0 Å². The van der Waals surface area contributed by atoms with Gasteiger partial charge in [0.25, 0.3) is 11.7 Å². The molecule has 4 heterocycles. The lowest BCUT2D eigenvalue weighted by atomic mass is 9.79. The maximum atomic E-state index is 14.9. The fraction of sp³-hybridized carbons (Fsp3) is 0.800. The summed E-state index contributed by atoms with van der Waals surface area (Å²) in [7, 11) is 4.70. The van der Waals surface area contributed by atoms with Crippen molar-refractivity contribution in [2.24, 2.45) is 53.1 Å². The first-order valence-corrected chi connectivity index (χ1v) is 26.9. The van der Waals surface area contributed by atoms with E-state index in [-0.39, 0.29) is 49.5 Å². The monoisotopic (exact) mass is 1050 g/mol. The Hall–Kier alpha value is -4.11. The molecule has 0 spiro atoms. The largest absolute Gasteiger partial charge is 0.481 e. The second-order valence-electron chi connectivity index (χ2n) is 22.3. The Morgan fingerprint density at radius 3 is 2.15 bits per heavy atom. The van der Waals surface area contributed by atoms with Crippen LogP contribution in [-0.2, 0) is 71.5 Å². The number of hydrogen-bond acceptors (Lipinski definition) is 17. The van der Waals surface area contributed by atoms with Gasteiger partial charge < -0.3 is 58.7 Å². The number of fused-ring (bicyclic) bond motifs is 3. The number of amides is 1. The number of piperidine rings is 1. The number of cyclic esters (lactones) is 1. The van der Waals surface area contributed by atoms with Crippen LogP contribution in [0.15, 0.2) is 23.3 Å². The molecule has 1 unspecified atom stereocenters. The molecule has 3 saturated heterocycles. The van der Waals surface area contributed by atoms with E-state index in [4.69, 9.17) is 43.6 Å². The molecule has 1 saturated carbocycles. The maximum Gasteiger partial charge on any atom is 0.336 e. The van der Waals surface area contributed by atoms with Crippen LogP contribution in [0.2, 0.25) is 0 Å². The van der Waals surface area contributed by atoms with Gasteiger partial charge >= 0.3 is 23.9 Å². The number of allylic oxidation sites excluding steroid dienone is 3. The third kappa shape index (κ3) is 14.5. The Kier molecular flexibility index (Phi) is 22.0. The molecule has 19 atom stereocenters. The molecule has 1 amide bonds. The number of hydrogen-bond donors (Lipinski definition) is 3. The van der Waals surface area contributed by atoms with E-state index in [0.717, 1.165) is 23.3 Å². The third-order valence-electron chi connectivity index (χ3n) is 16.7. The SMILES string of the molecule is CC[C@@H]1/C=C(\C)C[C@H](C)C[C@H](OC)[C@H]2O[C@@](O)(C(=O)C(=O)N3CCCC[C@H]3C(=O)O[C@H](/C(C)=C/[C@@H]3CC[C@@H](C)[C@H](OC)C3)[C@H](C)[C@@H](OC(=O)C3O[C@@H](OC(=O)[C@H](N)CC(=O)O)[C@H](C)[C@@H]3C)CC1=O)[C@H](C)C[C@@H]2OC. The Morgan fingerprint density at radius 2 is 1.51 bits per heavy atom. The van der Waals surface area contributed by atoms with Gasteiger partial charge in [-0.2, -0.15) is 0 Å². The molecule has 4 fully saturated rings. The molecule has 418 valence electrons. The summed E-state index contributed by atoms with van der Waals surface area (Å²) >= 11 is 0. The highest BCUT2D eigenvalue weighted by Gasteiger charge is 2.57. The van der Waals surface area contributed by atoms with Crippen molar-refractivity contribution in [1.29, 1.82) is 0 Å². The van der Waals surface area contributed by atoms with Crippen molar-refractivity contribution in [1.82, 2.24) is 4.90 Å². The number of Topliss-reactive ketones (excluding diaryl/α,β-unsaturated/α-hetero) is 2. The molecule has 19 heteroatoms. The number of carbonyl (C=O) groups is 7. The lowest BCUT2D eigenvalue weighted by molar-refractivity contribution is -0.302. The van der Waals surface area contributed by atoms with Gasteiger partial charge in [-0.15, -0.1) is 0 Å². The number of esters is 3. The molecule has 2 bridgehead atoms. The van der Waals surface area contributed by atoms with Crippen LogP contribution in [0.1, 0.15) is 139 Å². The summed E-state index contributed by atoms with van der Waals surface area (Å²) in [5, 5.41) is 21.4. The van der Waals surface area contributed by atoms with Crippen LogP contribution in [0, 0.1) is 47.3 Å². The number of ketones is 2. The highest BCUT2D eigenvalue weighted by molar-refractivity contribution is 6.39. The summed E-state index contributed by atoms with van der Waals surface area (Å²) in [5.41, 5.74) is 7.30. The van der Waals surface area contributed by atoms with Gasteiger partial charge in [-0.3, -0.25) is 24.0 Å². The topological polar surface area (TPSA) is 263 Å². The number of nitrogens with zero attached hydrogens (tertiary/aromatic N) is 1. The minimum absolute atomic E-state index is 0.00938. The summed E-state index contributed by atoms with van der Waals surface area (Å²) in [5.74, 6) is -12.4. The van der Waals surface area contributed by atoms with Gasteiger partial charge in [-0.05, 0) is 101 Å². The zero-order chi connectivity index (χ0) is 54.9. The summed E-state index contributed by atoms with van der Waals surface area (Å²) in [6.07, 6.45) is 0.845. The summed E-state index contributed by atoms with van der Waals surface area (Å²) in [6.45, 7) is 16.6. The van der Waals surface area contributed by atoms with E-state index in [1.165, 1.54) is 14.2 Å². The molecule has 5 rings (SSSR count). The zero-order valence-corrected chi connectivity index (χ0v) is 45.8. The van der Waals surface area contributed by atoms with Crippen molar-refractivity contribution in [2.45, 2.75) is 206 Å². The molecule has 0 aromatic heterocycles. The van der Waals surface area contributed by atoms with E-state index >= 15 is 0 Å². The van der Waals surface area contributed by atoms with Crippen LogP contribution in [0.4, 0.5) is 0 Å². The predicted molar refractivity (Wildman–Crippen MR) is 268 cm³/mol. The Labute approximate surface area is 437 Å². The van der Waals surface area contributed by atoms with Gasteiger partial charge in [-0.1, -0.05) is 66.2 Å². The van der Waals surface area contributed by atoms with Crippen LogP contribution < -0.4 is 5.73 Å². The first-order chi connectivity index (χ1) is 34.9.